The number of thiophene rings is 1. The Labute approximate surface area is 154 Å². The molecule has 1 aromatic carbocycles. The van der Waals surface area contributed by atoms with Gasteiger partial charge in [-0.25, -0.2) is 0 Å². The van der Waals surface area contributed by atoms with Gasteiger partial charge in [0.25, 0.3) is 0 Å². The summed E-state index contributed by atoms with van der Waals surface area (Å²) in [6, 6.07) is 9.94. The smallest absolute Gasteiger partial charge is 0.115 e. The Balaban J connectivity index is 1.80. The van der Waals surface area contributed by atoms with E-state index in [-0.39, 0.29) is 0 Å². The molecule has 25 heavy (non-hydrogen) atoms. The molecule has 3 rings (SSSR count). The van der Waals surface area contributed by atoms with E-state index >= 15 is 0 Å². The van der Waals surface area contributed by atoms with Crippen molar-refractivity contribution in [3.8, 4) is 5.75 Å². The Morgan fingerprint density at radius 1 is 1.20 bits per heavy atom. The SMILES string of the molecule is Cc1ccsc1C1CCC(c2cccc(O)c2)CC(CCC(N)O)C1. The van der Waals surface area contributed by atoms with Crippen molar-refractivity contribution >= 4 is 11.3 Å². The second-order valence-corrected chi connectivity index (χ2v) is 8.46. The van der Waals surface area contributed by atoms with Crippen LogP contribution in [0.1, 0.15) is 66.4 Å². The quantitative estimate of drug-likeness (QED) is 0.527. The highest BCUT2D eigenvalue weighted by atomic mass is 32.1. The summed E-state index contributed by atoms with van der Waals surface area (Å²) in [6.45, 7) is 2.21. The van der Waals surface area contributed by atoms with Gasteiger partial charge in [0.1, 0.15) is 12.0 Å². The standard InChI is InChI=1S/C21H29NO2S/c1-14-9-10-25-21(14)18-7-6-17(16-3-2-4-19(23)13-16)11-15(12-18)5-8-20(22)24/h2-4,9-10,13,15,17-18,20,23-24H,5-8,11-12,22H2,1H3. The van der Waals surface area contributed by atoms with Crippen molar-refractivity contribution in [2.45, 2.75) is 63.5 Å². The number of aryl methyl sites for hydroxylation is 1. The van der Waals surface area contributed by atoms with Crippen LogP contribution in [-0.2, 0) is 0 Å². The Bertz CT molecular complexity index is 682. The molecule has 136 valence electrons. The van der Waals surface area contributed by atoms with E-state index in [4.69, 9.17) is 5.73 Å². The molecule has 1 heterocycles. The molecule has 0 saturated heterocycles. The molecule has 1 aliphatic rings. The number of benzene rings is 1. The van der Waals surface area contributed by atoms with Crippen molar-refractivity contribution in [3.05, 3.63) is 51.7 Å². The van der Waals surface area contributed by atoms with Gasteiger partial charge in [0.05, 0.1) is 0 Å². The lowest BCUT2D eigenvalue weighted by Crippen LogP contribution is -2.20. The second-order valence-electron chi connectivity index (χ2n) is 7.52. The molecule has 2 aromatic rings. The van der Waals surface area contributed by atoms with Gasteiger partial charge in [-0.1, -0.05) is 12.1 Å². The number of aliphatic hydroxyl groups is 1. The number of nitrogens with two attached hydrogens (primary N) is 1. The third-order valence-corrected chi connectivity index (χ3v) is 6.77. The molecular formula is C21H29NO2S. The molecule has 1 saturated carbocycles. The third kappa shape index (κ3) is 4.84. The molecule has 0 spiro atoms. The van der Waals surface area contributed by atoms with Crippen LogP contribution in [-0.4, -0.2) is 16.4 Å². The minimum atomic E-state index is -0.718. The minimum Gasteiger partial charge on any atom is -0.508 e. The highest BCUT2D eigenvalue weighted by molar-refractivity contribution is 7.10. The van der Waals surface area contributed by atoms with Crippen LogP contribution in [0.3, 0.4) is 0 Å². The number of rotatable bonds is 5. The van der Waals surface area contributed by atoms with E-state index in [1.807, 2.05) is 23.5 Å². The summed E-state index contributed by atoms with van der Waals surface area (Å²) in [5.41, 5.74) is 8.24. The summed E-state index contributed by atoms with van der Waals surface area (Å²) in [7, 11) is 0. The number of aromatic hydroxyl groups is 1. The molecule has 1 fully saturated rings. The van der Waals surface area contributed by atoms with Gasteiger partial charge in [0, 0.05) is 4.88 Å². The predicted molar refractivity (Wildman–Crippen MR) is 104 cm³/mol. The normalized spacial score (nSPS) is 25.5. The van der Waals surface area contributed by atoms with E-state index in [0.29, 0.717) is 29.9 Å². The number of phenols is 1. The molecule has 4 atom stereocenters. The van der Waals surface area contributed by atoms with Crippen LogP contribution in [0.2, 0.25) is 0 Å². The summed E-state index contributed by atoms with van der Waals surface area (Å²) in [6.07, 6.45) is 5.52. The van der Waals surface area contributed by atoms with Gasteiger partial charge in [-0.3, -0.25) is 0 Å². The van der Waals surface area contributed by atoms with E-state index in [1.165, 1.54) is 28.8 Å². The van der Waals surface area contributed by atoms with Gasteiger partial charge in [0.15, 0.2) is 0 Å². The van der Waals surface area contributed by atoms with Crippen LogP contribution in [0.4, 0.5) is 0 Å². The average molecular weight is 360 g/mol. The number of phenolic OH excluding ortho intramolecular Hbond substituents is 1. The fourth-order valence-electron chi connectivity index (χ4n) is 4.30. The maximum Gasteiger partial charge on any atom is 0.115 e. The largest absolute Gasteiger partial charge is 0.508 e. The molecule has 1 aromatic heterocycles. The fourth-order valence-corrected chi connectivity index (χ4v) is 5.38. The summed E-state index contributed by atoms with van der Waals surface area (Å²) in [4.78, 5) is 1.52. The molecule has 1 aliphatic carbocycles. The fraction of sp³-hybridized carbons (Fsp3) is 0.524. The summed E-state index contributed by atoms with van der Waals surface area (Å²) in [5.74, 6) is 1.97. The number of aliphatic hydroxyl groups excluding tert-OH is 1. The number of hydrogen-bond acceptors (Lipinski definition) is 4. The first-order valence-corrected chi connectivity index (χ1v) is 10.2. The monoisotopic (exact) mass is 359 g/mol. The van der Waals surface area contributed by atoms with Crippen LogP contribution < -0.4 is 5.73 Å². The zero-order valence-corrected chi connectivity index (χ0v) is 15.7. The molecule has 4 N–H and O–H groups in total. The van der Waals surface area contributed by atoms with Crippen molar-refractivity contribution in [3.63, 3.8) is 0 Å². The highest BCUT2D eigenvalue weighted by Gasteiger charge is 2.29. The first kappa shape index (κ1) is 18.4. The summed E-state index contributed by atoms with van der Waals surface area (Å²) in [5, 5.41) is 21.6. The van der Waals surface area contributed by atoms with Crippen molar-refractivity contribution < 1.29 is 10.2 Å². The Morgan fingerprint density at radius 3 is 2.64 bits per heavy atom. The van der Waals surface area contributed by atoms with Crippen LogP contribution in [0, 0.1) is 12.8 Å². The average Bonchev–Trinajstić information content (AvgIpc) is 2.89. The van der Waals surface area contributed by atoms with Gasteiger partial charge in [-0.2, -0.15) is 0 Å². The van der Waals surface area contributed by atoms with Gasteiger partial charge < -0.3 is 15.9 Å². The van der Waals surface area contributed by atoms with Crippen molar-refractivity contribution in [2.24, 2.45) is 11.7 Å². The molecule has 0 bridgehead atoms. The lowest BCUT2D eigenvalue weighted by molar-refractivity contribution is 0.158. The zero-order valence-electron chi connectivity index (χ0n) is 14.9. The summed E-state index contributed by atoms with van der Waals surface area (Å²) >= 11 is 1.88. The topological polar surface area (TPSA) is 66.5 Å². The first-order chi connectivity index (χ1) is 12.0. The lowest BCUT2D eigenvalue weighted by Gasteiger charge is -2.22. The Kier molecular flexibility index (Phi) is 6.15. The van der Waals surface area contributed by atoms with Crippen LogP contribution in [0.5, 0.6) is 5.75 Å². The maximum atomic E-state index is 9.85. The summed E-state index contributed by atoms with van der Waals surface area (Å²) < 4.78 is 0. The zero-order chi connectivity index (χ0) is 17.8. The van der Waals surface area contributed by atoms with Gasteiger partial charge in [0.2, 0.25) is 0 Å². The highest BCUT2D eigenvalue weighted by Crippen LogP contribution is 2.45. The molecule has 0 aliphatic heterocycles. The van der Waals surface area contributed by atoms with Crippen LogP contribution in [0.25, 0.3) is 0 Å². The molecular weight excluding hydrogens is 330 g/mol. The first-order valence-electron chi connectivity index (χ1n) is 9.29. The molecule has 4 unspecified atom stereocenters. The maximum absolute atomic E-state index is 9.85. The van der Waals surface area contributed by atoms with E-state index in [1.54, 1.807) is 6.07 Å². The third-order valence-electron chi connectivity index (χ3n) is 5.58. The van der Waals surface area contributed by atoms with E-state index in [0.717, 1.165) is 19.3 Å². The predicted octanol–water partition coefficient (Wildman–Crippen LogP) is 4.88. The van der Waals surface area contributed by atoms with Crippen molar-refractivity contribution in [1.29, 1.82) is 0 Å². The Hall–Kier alpha value is -1.36. The Morgan fingerprint density at radius 2 is 1.96 bits per heavy atom. The van der Waals surface area contributed by atoms with Crippen molar-refractivity contribution in [1.82, 2.24) is 0 Å². The van der Waals surface area contributed by atoms with Crippen molar-refractivity contribution in [2.75, 3.05) is 0 Å². The van der Waals surface area contributed by atoms with E-state index in [9.17, 15) is 10.2 Å². The number of hydrogen-bond donors (Lipinski definition) is 3. The van der Waals surface area contributed by atoms with E-state index < -0.39 is 6.23 Å². The van der Waals surface area contributed by atoms with Gasteiger partial charge in [-0.15, -0.1) is 11.3 Å². The van der Waals surface area contributed by atoms with Crippen LogP contribution >= 0.6 is 11.3 Å². The second kappa shape index (κ2) is 8.35. The van der Waals surface area contributed by atoms with E-state index in [2.05, 4.69) is 24.4 Å². The molecule has 0 amide bonds. The lowest BCUT2D eigenvalue weighted by atomic mass is 9.84. The van der Waals surface area contributed by atoms with Gasteiger partial charge in [-0.05, 0) is 97.9 Å². The van der Waals surface area contributed by atoms with Gasteiger partial charge >= 0.3 is 0 Å². The molecule has 0 radical (unpaired) electrons. The molecule has 4 heteroatoms. The van der Waals surface area contributed by atoms with Crippen LogP contribution in [0.15, 0.2) is 35.7 Å². The molecule has 3 nitrogen and oxygen atoms in total. The minimum absolute atomic E-state index is 0.348.